The smallest absolute Gasteiger partial charge is 0.480 e. The quantitative estimate of drug-likeness (QED) is 0.484. The number of ether oxygens (including phenoxy) is 1. The summed E-state index contributed by atoms with van der Waals surface area (Å²) < 4.78 is 81.6. The van der Waals surface area contributed by atoms with E-state index in [1.807, 2.05) is 0 Å². The fourth-order valence-corrected chi connectivity index (χ4v) is 4.14. The van der Waals surface area contributed by atoms with Crippen LogP contribution in [-0.4, -0.2) is 27.9 Å². The Morgan fingerprint density at radius 3 is 2.39 bits per heavy atom. The number of carboxylic acid groups (broad SMARTS) is 1. The van der Waals surface area contributed by atoms with Gasteiger partial charge in [0.25, 0.3) is 5.91 Å². The number of amides is 1. The lowest BCUT2D eigenvalue weighted by Crippen LogP contribution is -2.27. The minimum absolute atomic E-state index is 0.0346. The molecule has 33 heavy (non-hydrogen) atoms. The molecule has 0 saturated carbocycles. The van der Waals surface area contributed by atoms with E-state index in [0.29, 0.717) is 17.4 Å². The summed E-state index contributed by atoms with van der Waals surface area (Å²) in [6.45, 7) is 1.54. The molecule has 3 rings (SSSR count). The number of fused-ring (bicyclic) bond motifs is 1. The molecule has 0 aliphatic rings. The Bertz CT molecular complexity index is 1280. The first-order valence-electron chi connectivity index (χ1n) is 9.20. The van der Waals surface area contributed by atoms with Crippen molar-refractivity contribution in [1.29, 1.82) is 0 Å². The van der Waals surface area contributed by atoms with Crippen LogP contribution in [0.2, 0.25) is 0 Å². The lowest BCUT2D eigenvalue weighted by molar-refractivity contribution is -0.274. The van der Waals surface area contributed by atoms with Crippen LogP contribution >= 0.6 is 11.3 Å². The lowest BCUT2D eigenvalue weighted by Gasteiger charge is -2.14. The van der Waals surface area contributed by atoms with Crippen LogP contribution in [0.25, 0.3) is 10.2 Å². The third-order valence-electron chi connectivity index (χ3n) is 4.45. The summed E-state index contributed by atoms with van der Waals surface area (Å²) in [7, 11) is 0. The van der Waals surface area contributed by atoms with Gasteiger partial charge in [-0.3, -0.25) is 4.79 Å². The average Bonchev–Trinajstić information content (AvgIpc) is 3.03. The van der Waals surface area contributed by atoms with Crippen LogP contribution in [0, 0.1) is 0 Å². The summed E-state index contributed by atoms with van der Waals surface area (Å²) in [5.74, 6) is -2.93. The van der Waals surface area contributed by atoms with Gasteiger partial charge in [-0.2, -0.15) is 18.2 Å². The van der Waals surface area contributed by atoms with E-state index in [1.54, 1.807) is 0 Å². The Labute approximate surface area is 185 Å². The van der Waals surface area contributed by atoms with Gasteiger partial charge in [0.2, 0.25) is 0 Å². The number of thiazole rings is 1. The van der Waals surface area contributed by atoms with E-state index in [1.165, 1.54) is 13.0 Å². The molecule has 3 aromatic rings. The number of nitrogens with zero attached hydrogens (tertiary/aromatic N) is 2. The number of carbonyl (C=O) groups is 2. The molecule has 0 spiro atoms. The number of halogens is 6. The third-order valence-corrected chi connectivity index (χ3v) is 5.47. The second kappa shape index (κ2) is 8.89. The molecule has 176 valence electrons. The SMILES string of the molecule is CCC(C(=O)O)n1c(=NC(=O)c2cccc(C(F)(F)F)c2)sc2cc(OC(F)(F)F)ccc21. The van der Waals surface area contributed by atoms with Crippen LogP contribution in [0.5, 0.6) is 5.75 Å². The van der Waals surface area contributed by atoms with Crippen LogP contribution < -0.4 is 9.54 Å². The summed E-state index contributed by atoms with van der Waals surface area (Å²) in [5.41, 5.74) is -1.30. The number of benzene rings is 2. The van der Waals surface area contributed by atoms with Crippen LogP contribution in [0.4, 0.5) is 26.3 Å². The second-order valence-electron chi connectivity index (χ2n) is 6.69. The normalized spacial score (nSPS) is 13.8. The van der Waals surface area contributed by atoms with E-state index >= 15 is 0 Å². The summed E-state index contributed by atoms with van der Waals surface area (Å²) in [5, 5.41) is 9.57. The standard InChI is InChI=1S/C20H14F6N2O4S/c1-2-13(17(30)31)28-14-7-6-12(32-20(24,25)26)9-15(14)33-18(28)27-16(29)10-4-3-5-11(8-10)19(21,22)23/h3-9,13H,2H2,1H3,(H,30,31). The Morgan fingerprint density at radius 1 is 1.12 bits per heavy atom. The summed E-state index contributed by atoms with van der Waals surface area (Å²) in [6.07, 6.45) is -9.62. The first-order chi connectivity index (χ1) is 15.3. The van der Waals surface area contributed by atoms with Gasteiger partial charge in [0, 0.05) is 5.56 Å². The maximum atomic E-state index is 13.0. The molecule has 0 aliphatic heterocycles. The molecule has 1 unspecified atom stereocenters. The Balaban J connectivity index is 2.18. The zero-order chi connectivity index (χ0) is 24.6. The zero-order valence-electron chi connectivity index (χ0n) is 16.6. The highest BCUT2D eigenvalue weighted by molar-refractivity contribution is 7.16. The summed E-state index contributed by atoms with van der Waals surface area (Å²) in [4.78, 5) is 27.9. The number of rotatable bonds is 5. The number of alkyl halides is 6. The Hall–Kier alpha value is -3.35. The number of hydrogen-bond donors (Lipinski definition) is 1. The summed E-state index contributed by atoms with van der Waals surface area (Å²) in [6, 6.07) is 5.45. The first kappa shape index (κ1) is 24.3. The number of carbonyl (C=O) groups excluding carboxylic acids is 1. The number of aromatic nitrogens is 1. The average molecular weight is 492 g/mol. The Morgan fingerprint density at radius 2 is 1.82 bits per heavy atom. The van der Waals surface area contributed by atoms with E-state index < -0.39 is 47.3 Å². The third kappa shape index (κ3) is 5.53. The van der Waals surface area contributed by atoms with E-state index in [2.05, 4.69) is 9.73 Å². The van der Waals surface area contributed by atoms with E-state index in [0.717, 1.165) is 34.9 Å². The van der Waals surface area contributed by atoms with Crippen molar-refractivity contribution >= 4 is 33.4 Å². The fourth-order valence-electron chi connectivity index (χ4n) is 3.05. The van der Waals surface area contributed by atoms with Crippen molar-refractivity contribution in [2.45, 2.75) is 31.9 Å². The van der Waals surface area contributed by atoms with Crippen molar-refractivity contribution in [2.24, 2.45) is 4.99 Å². The van der Waals surface area contributed by atoms with E-state index in [4.69, 9.17) is 0 Å². The van der Waals surface area contributed by atoms with Gasteiger partial charge in [-0.15, -0.1) is 13.2 Å². The van der Waals surface area contributed by atoms with Gasteiger partial charge in [-0.25, -0.2) is 4.79 Å². The predicted octanol–water partition coefficient (Wildman–Crippen LogP) is 5.40. The monoisotopic (exact) mass is 492 g/mol. The van der Waals surface area contributed by atoms with Gasteiger partial charge in [0.1, 0.15) is 11.8 Å². The first-order valence-corrected chi connectivity index (χ1v) is 10.0. The van der Waals surface area contributed by atoms with Crippen LogP contribution in [-0.2, 0) is 11.0 Å². The second-order valence-corrected chi connectivity index (χ2v) is 7.70. The highest BCUT2D eigenvalue weighted by Crippen LogP contribution is 2.31. The van der Waals surface area contributed by atoms with Crippen molar-refractivity contribution in [2.75, 3.05) is 0 Å². The van der Waals surface area contributed by atoms with Crippen molar-refractivity contribution in [1.82, 2.24) is 4.57 Å². The molecule has 2 aromatic carbocycles. The molecule has 0 saturated heterocycles. The molecule has 1 amide bonds. The molecule has 0 aliphatic carbocycles. The topological polar surface area (TPSA) is 80.9 Å². The van der Waals surface area contributed by atoms with Gasteiger partial charge in [0.15, 0.2) is 4.80 Å². The van der Waals surface area contributed by atoms with Crippen molar-refractivity contribution in [3.8, 4) is 5.75 Å². The predicted molar refractivity (Wildman–Crippen MR) is 105 cm³/mol. The number of aliphatic carboxylic acids is 1. The van der Waals surface area contributed by atoms with E-state index in [9.17, 15) is 41.0 Å². The number of hydrogen-bond acceptors (Lipinski definition) is 4. The summed E-state index contributed by atoms with van der Waals surface area (Å²) >= 11 is 0.700. The highest BCUT2D eigenvalue weighted by atomic mass is 32.1. The fraction of sp³-hybridized carbons (Fsp3) is 0.250. The molecule has 0 bridgehead atoms. The van der Waals surface area contributed by atoms with Gasteiger partial charge >= 0.3 is 18.5 Å². The molecule has 1 aromatic heterocycles. The molecule has 1 N–H and O–H groups in total. The molecule has 1 atom stereocenters. The van der Waals surface area contributed by atoms with Gasteiger partial charge < -0.3 is 14.4 Å². The molecular formula is C20H14F6N2O4S. The highest BCUT2D eigenvalue weighted by Gasteiger charge is 2.32. The van der Waals surface area contributed by atoms with Gasteiger partial charge in [0.05, 0.1) is 15.8 Å². The minimum atomic E-state index is -4.96. The molecule has 0 fully saturated rings. The van der Waals surface area contributed by atoms with Crippen LogP contribution in [0.1, 0.15) is 35.3 Å². The van der Waals surface area contributed by atoms with Crippen molar-refractivity contribution in [3.63, 3.8) is 0 Å². The molecule has 1 heterocycles. The van der Waals surface area contributed by atoms with Crippen molar-refractivity contribution < 1.29 is 45.8 Å². The van der Waals surface area contributed by atoms with Crippen LogP contribution in [0.15, 0.2) is 47.5 Å². The van der Waals surface area contributed by atoms with Crippen molar-refractivity contribution in [3.05, 3.63) is 58.4 Å². The molecule has 0 radical (unpaired) electrons. The maximum Gasteiger partial charge on any atom is 0.573 e. The molecular weight excluding hydrogens is 478 g/mol. The number of carboxylic acids is 1. The lowest BCUT2D eigenvalue weighted by atomic mass is 10.1. The maximum absolute atomic E-state index is 13.0. The van der Waals surface area contributed by atoms with Gasteiger partial charge in [-0.1, -0.05) is 24.3 Å². The van der Waals surface area contributed by atoms with Gasteiger partial charge in [-0.05, 0) is 42.8 Å². The zero-order valence-corrected chi connectivity index (χ0v) is 17.4. The largest absolute Gasteiger partial charge is 0.573 e. The van der Waals surface area contributed by atoms with E-state index in [-0.39, 0.29) is 21.4 Å². The minimum Gasteiger partial charge on any atom is -0.480 e. The molecule has 6 nitrogen and oxygen atoms in total. The Kier molecular flexibility index (Phi) is 6.54. The molecule has 13 heteroatoms. The van der Waals surface area contributed by atoms with Crippen LogP contribution in [0.3, 0.4) is 0 Å².